The van der Waals surface area contributed by atoms with E-state index in [9.17, 15) is 4.79 Å². The summed E-state index contributed by atoms with van der Waals surface area (Å²) >= 11 is 0. The molecule has 1 aliphatic rings. The van der Waals surface area contributed by atoms with Crippen LogP contribution < -0.4 is 5.73 Å². The second kappa shape index (κ2) is 7.59. The Labute approximate surface area is 141 Å². The summed E-state index contributed by atoms with van der Waals surface area (Å²) in [5, 5.41) is 6.99. The average molecular weight is 319 g/mol. The van der Waals surface area contributed by atoms with E-state index in [-0.39, 0.29) is 0 Å². The van der Waals surface area contributed by atoms with Crippen molar-refractivity contribution in [2.24, 2.45) is 5.73 Å². The normalized spacial score (nSPS) is 12.7. The van der Waals surface area contributed by atoms with Gasteiger partial charge in [-0.25, -0.2) is 0 Å². The van der Waals surface area contributed by atoms with Gasteiger partial charge in [-0.1, -0.05) is 42.5 Å². The van der Waals surface area contributed by atoms with E-state index < -0.39 is 5.91 Å². The Bertz CT molecular complexity index is 771. The zero-order valence-electron chi connectivity index (χ0n) is 13.5. The van der Waals surface area contributed by atoms with Gasteiger partial charge in [0, 0.05) is 11.3 Å². The van der Waals surface area contributed by atoms with Crippen LogP contribution in [0.5, 0.6) is 0 Å². The summed E-state index contributed by atoms with van der Waals surface area (Å²) in [7, 11) is 0. The van der Waals surface area contributed by atoms with Crippen molar-refractivity contribution in [3.63, 3.8) is 0 Å². The molecule has 3 N–H and O–H groups in total. The third kappa shape index (κ3) is 3.90. The molecule has 0 spiro atoms. The van der Waals surface area contributed by atoms with E-state index in [0.29, 0.717) is 5.56 Å². The SMILES string of the molecule is NC(=O)c1ccc(-c2ccccc2)cc1.c1n[nH]c2c1CCCC2. The van der Waals surface area contributed by atoms with Gasteiger partial charge in [0.25, 0.3) is 0 Å². The summed E-state index contributed by atoms with van der Waals surface area (Å²) in [5.41, 5.74) is 10.7. The molecule has 24 heavy (non-hydrogen) atoms. The number of hydrogen-bond acceptors (Lipinski definition) is 2. The third-order valence-corrected chi connectivity index (χ3v) is 4.21. The van der Waals surface area contributed by atoms with Crippen molar-refractivity contribution in [3.8, 4) is 11.1 Å². The lowest BCUT2D eigenvalue weighted by atomic mass is 9.99. The van der Waals surface area contributed by atoms with Gasteiger partial charge in [0.15, 0.2) is 0 Å². The Balaban J connectivity index is 0.000000159. The summed E-state index contributed by atoms with van der Waals surface area (Å²) in [6.07, 6.45) is 7.05. The quantitative estimate of drug-likeness (QED) is 0.755. The van der Waals surface area contributed by atoms with Crippen molar-refractivity contribution in [3.05, 3.63) is 77.6 Å². The molecule has 0 unspecified atom stereocenters. The van der Waals surface area contributed by atoms with E-state index >= 15 is 0 Å². The maximum absolute atomic E-state index is 10.9. The number of aromatic nitrogens is 2. The molecule has 1 heterocycles. The van der Waals surface area contributed by atoms with E-state index in [1.165, 1.54) is 36.9 Å². The number of rotatable bonds is 2. The lowest BCUT2D eigenvalue weighted by Crippen LogP contribution is -2.10. The molecule has 4 rings (SSSR count). The van der Waals surface area contributed by atoms with Crippen molar-refractivity contribution < 1.29 is 4.79 Å². The summed E-state index contributed by atoms with van der Waals surface area (Å²) < 4.78 is 0. The van der Waals surface area contributed by atoms with Gasteiger partial charge < -0.3 is 5.73 Å². The lowest BCUT2D eigenvalue weighted by Gasteiger charge is -2.07. The van der Waals surface area contributed by atoms with Gasteiger partial charge >= 0.3 is 0 Å². The molecule has 4 heteroatoms. The third-order valence-electron chi connectivity index (χ3n) is 4.21. The van der Waals surface area contributed by atoms with Crippen molar-refractivity contribution in [1.82, 2.24) is 10.2 Å². The van der Waals surface area contributed by atoms with Gasteiger partial charge in [-0.2, -0.15) is 5.10 Å². The molecule has 1 aromatic heterocycles. The molecule has 0 bridgehead atoms. The van der Waals surface area contributed by atoms with Crippen LogP contribution >= 0.6 is 0 Å². The van der Waals surface area contributed by atoms with Gasteiger partial charge in [0.1, 0.15) is 0 Å². The monoisotopic (exact) mass is 319 g/mol. The number of amides is 1. The number of aryl methyl sites for hydroxylation is 2. The number of nitrogens with zero attached hydrogens (tertiary/aromatic N) is 1. The van der Waals surface area contributed by atoms with Crippen LogP contribution in [0.1, 0.15) is 34.5 Å². The van der Waals surface area contributed by atoms with E-state index in [2.05, 4.69) is 10.2 Å². The van der Waals surface area contributed by atoms with Crippen LogP contribution in [0.3, 0.4) is 0 Å². The Morgan fingerprint density at radius 1 is 0.917 bits per heavy atom. The zero-order valence-corrected chi connectivity index (χ0v) is 13.5. The molecule has 122 valence electrons. The molecule has 1 amide bonds. The highest BCUT2D eigenvalue weighted by molar-refractivity contribution is 5.93. The number of fused-ring (bicyclic) bond motifs is 1. The molecular formula is C20H21N3O. The first kappa shape index (κ1) is 16.0. The zero-order chi connectivity index (χ0) is 16.8. The van der Waals surface area contributed by atoms with Gasteiger partial charge in [-0.05, 0) is 54.5 Å². The van der Waals surface area contributed by atoms with Crippen LogP contribution in [-0.4, -0.2) is 16.1 Å². The highest BCUT2D eigenvalue weighted by atomic mass is 16.1. The Kier molecular flexibility index (Phi) is 5.06. The van der Waals surface area contributed by atoms with Gasteiger partial charge in [0.2, 0.25) is 5.91 Å². The second-order valence-electron chi connectivity index (χ2n) is 5.89. The number of nitrogens with two attached hydrogens (primary N) is 1. The summed E-state index contributed by atoms with van der Waals surface area (Å²) in [4.78, 5) is 10.9. The van der Waals surface area contributed by atoms with Gasteiger partial charge in [0.05, 0.1) is 6.20 Å². The minimum absolute atomic E-state index is 0.394. The predicted molar refractivity (Wildman–Crippen MR) is 95.6 cm³/mol. The van der Waals surface area contributed by atoms with Crippen LogP contribution in [0.4, 0.5) is 0 Å². The highest BCUT2D eigenvalue weighted by Crippen LogP contribution is 2.19. The average Bonchev–Trinajstić information content (AvgIpc) is 3.12. The Hall–Kier alpha value is -2.88. The molecule has 1 aliphatic carbocycles. The molecule has 0 saturated carbocycles. The standard InChI is InChI=1S/C13H11NO.C7H10N2/c14-13(15)12-8-6-11(7-9-12)10-4-2-1-3-5-10;1-2-4-7-6(3-1)5-8-9-7/h1-9H,(H2,14,15);5H,1-4H2,(H,8,9). The largest absolute Gasteiger partial charge is 0.366 e. The Morgan fingerprint density at radius 3 is 2.25 bits per heavy atom. The van der Waals surface area contributed by atoms with E-state index in [1.807, 2.05) is 48.7 Å². The number of carbonyl (C=O) groups excluding carboxylic acids is 1. The molecule has 2 aromatic carbocycles. The van der Waals surface area contributed by atoms with Gasteiger partial charge in [-0.3, -0.25) is 9.89 Å². The van der Waals surface area contributed by atoms with Crippen LogP contribution in [-0.2, 0) is 12.8 Å². The number of nitrogens with one attached hydrogen (secondary N) is 1. The van der Waals surface area contributed by atoms with Crippen molar-refractivity contribution >= 4 is 5.91 Å². The molecule has 0 fully saturated rings. The number of aromatic amines is 1. The summed E-state index contributed by atoms with van der Waals surface area (Å²) in [6.45, 7) is 0. The number of primary amides is 1. The fourth-order valence-corrected chi connectivity index (χ4v) is 2.84. The molecule has 0 saturated heterocycles. The first-order valence-electron chi connectivity index (χ1n) is 8.20. The van der Waals surface area contributed by atoms with E-state index in [4.69, 9.17) is 5.73 Å². The van der Waals surface area contributed by atoms with Crippen LogP contribution in [0, 0.1) is 0 Å². The number of benzene rings is 2. The van der Waals surface area contributed by atoms with Crippen molar-refractivity contribution in [2.75, 3.05) is 0 Å². The van der Waals surface area contributed by atoms with E-state index in [1.54, 1.807) is 12.1 Å². The van der Waals surface area contributed by atoms with Crippen molar-refractivity contribution in [1.29, 1.82) is 0 Å². The minimum Gasteiger partial charge on any atom is -0.366 e. The van der Waals surface area contributed by atoms with Crippen LogP contribution in [0.2, 0.25) is 0 Å². The lowest BCUT2D eigenvalue weighted by molar-refractivity contribution is 0.100. The van der Waals surface area contributed by atoms with Crippen LogP contribution in [0.15, 0.2) is 60.8 Å². The fourth-order valence-electron chi connectivity index (χ4n) is 2.84. The van der Waals surface area contributed by atoms with Gasteiger partial charge in [-0.15, -0.1) is 0 Å². The highest BCUT2D eigenvalue weighted by Gasteiger charge is 2.08. The number of hydrogen-bond donors (Lipinski definition) is 2. The fraction of sp³-hybridized carbons (Fsp3) is 0.200. The Morgan fingerprint density at radius 2 is 1.58 bits per heavy atom. The molecular weight excluding hydrogens is 298 g/mol. The second-order valence-corrected chi connectivity index (χ2v) is 5.89. The predicted octanol–water partition coefficient (Wildman–Crippen LogP) is 3.74. The molecule has 0 atom stereocenters. The smallest absolute Gasteiger partial charge is 0.248 e. The number of carbonyl (C=O) groups is 1. The van der Waals surface area contributed by atoms with Crippen molar-refractivity contribution in [2.45, 2.75) is 25.7 Å². The topological polar surface area (TPSA) is 71.8 Å². The molecule has 3 aromatic rings. The molecule has 4 nitrogen and oxygen atoms in total. The first-order chi connectivity index (χ1) is 11.7. The number of H-pyrrole nitrogens is 1. The molecule has 0 radical (unpaired) electrons. The minimum atomic E-state index is -0.394. The summed E-state index contributed by atoms with van der Waals surface area (Å²) in [5.74, 6) is -0.394. The first-order valence-corrected chi connectivity index (χ1v) is 8.20. The molecule has 0 aliphatic heterocycles. The maximum Gasteiger partial charge on any atom is 0.248 e. The van der Waals surface area contributed by atoms with E-state index in [0.717, 1.165) is 11.1 Å². The summed E-state index contributed by atoms with van der Waals surface area (Å²) in [6, 6.07) is 17.3. The maximum atomic E-state index is 10.9. The van der Waals surface area contributed by atoms with Crippen LogP contribution in [0.25, 0.3) is 11.1 Å².